The Labute approximate surface area is 150 Å². The van der Waals surface area contributed by atoms with Crippen LogP contribution < -0.4 is 4.90 Å². The summed E-state index contributed by atoms with van der Waals surface area (Å²) in [7, 11) is 0. The summed E-state index contributed by atoms with van der Waals surface area (Å²) in [5.74, 6) is 0.128. The van der Waals surface area contributed by atoms with E-state index in [0.29, 0.717) is 11.6 Å². The maximum atomic E-state index is 12.4. The van der Waals surface area contributed by atoms with Crippen molar-refractivity contribution in [3.05, 3.63) is 33.6 Å². The Morgan fingerprint density at radius 1 is 1.36 bits per heavy atom. The number of anilines is 1. The smallest absolute Gasteiger partial charge is 0.367 e. The summed E-state index contributed by atoms with van der Waals surface area (Å²) in [4.78, 5) is 31.7. The van der Waals surface area contributed by atoms with Crippen LogP contribution in [0.2, 0.25) is 0 Å². The number of fused-ring (bicyclic) bond motifs is 1. The number of ether oxygens (including phenoxy) is 1. The van der Waals surface area contributed by atoms with E-state index >= 15 is 0 Å². The van der Waals surface area contributed by atoms with E-state index in [1.54, 1.807) is 6.92 Å². The molecule has 130 valence electrons. The highest BCUT2D eigenvalue weighted by atomic mass is 32.1. The van der Waals surface area contributed by atoms with Gasteiger partial charge in [0.15, 0.2) is 0 Å². The maximum Gasteiger partial charge on any atom is 0.367 e. The van der Waals surface area contributed by atoms with Crippen molar-refractivity contribution in [3.8, 4) is 11.3 Å². The normalized spacial score (nSPS) is 16.0. The molecule has 2 heterocycles. The number of amides is 1. The van der Waals surface area contributed by atoms with E-state index in [2.05, 4.69) is 11.1 Å². The third-order valence-corrected chi connectivity index (χ3v) is 5.64. The highest BCUT2D eigenvalue weighted by Crippen LogP contribution is 2.38. The number of hydrogen-bond donors (Lipinski definition) is 0. The second-order valence-electron chi connectivity index (χ2n) is 6.50. The molecular weight excluding hydrogens is 336 g/mol. The number of rotatable bonds is 4. The fraction of sp³-hybridized carbons (Fsp3) is 0.421. The van der Waals surface area contributed by atoms with Gasteiger partial charge in [0.05, 0.1) is 12.3 Å². The van der Waals surface area contributed by atoms with Gasteiger partial charge in [-0.1, -0.05) is 6.07 Å². The number of nitrogens with zero attached hydrogens (tertiary/aromatic N) is 2. The van der Waals surface area contributed by atoms with Crippen molar-refractivity contribution in [1.82, 2.24) is 4.98 Å². The molecular formula is C19H20N2O3S. The molecule has 0 unspecified atom stereocenters. The molecule has 1 aromatic carbocycles. The van der Waals surface area contributed by atoms with E-state index < -0.39 is 0 Å². The van der Waals surface area contributed by atoms with E-state index in [4.69, 9.17) is 4.74 Å². The lowest BCUT2D eigenvalue weighted by molar-refractivity contribution is -0.119. The Morgan fingerprint density at radius 2 is 2.16 bits per heavy atom. The molecule has 4 rings (SSSR count). The SMILES string of the molecule is CCOC(=O)c1nc(-c2ccc3c(c2)CCN3C(=O)C2CC2)c(C)s1. The number of aromatic nitrogens is 1. The summed E-state index contributed by atoms with van der Waals surface area (Å²) >= 11 is 1.36. The zero-order valence-electron chi connectivity index (χ0n) is 14.4. The van der Waals surface area contributed by atoms with Crippen LogP contribution in [0.15, 0.2) is 18.2 Å². The van der Waals surface area contributed by atoms with Gasteiger partial charge in [-0.25, -0.2) is 9.78 Å². The first-order chi connectivity index (χ1) is 12.1. The van der Waals surface area contributed by atoms with Crippen LogP contribution in [-0.2, 0) is 16.0 Å². The van der Waals surface area contributed by atoms with Crippen molar-refractivity contribution in [2.24, 2.45) is 5.92 Å². The van der Waals surface area contributed by atoms with Crippen LogP contribution in [0.1, 0.15) is 40.0 Å². The van der Waals surface area contributed by atoms with Crippen molar-refractivity contribution < 1.29 is 14.3 Å². The van der Waals surface area contributed by atoms with Crippen LogP contribution in [0.3, 0.4) is 0 Å². The molecule has 2 aromatic rings. The number of carbonyl (C=O) groups is 2. The standard InChI is InChI=1S/C19H20N2O3S/c1-3-24-19(23)17-20-16(11(2)25-17)14-6-7-15-13(10-14)8-9-21(15)18(22)12-4-5-12/h6-7,10,12H,3-5,8-9H2,1-2H3. The molecule has 0 saturated heterocycles. The summed E-state index contributed by atoms with van der Waals surface area (Å²) in [5.41, 5.74) is 4.02. The van der Waals surface area contributed by atoms with Gasteiger partial charge in [0.25, 0.3) is 0 Å². The molecule has 1 saturated carbocycles. The Balaban J connectivity index is 1.63. The first-order valence-electron chi connectivity index (χ1n) is 8.67. The number of hydrogen-bond acceptors (Lipinski definition) is 5. The highest BCUT2D eigenvalue weighted by molar-refractivity contribution is 7.13. The summed E-state index contributed by atoms with van der Waals surface area (Å²) in [5, 5.41) is 0.389. The van der Waals surface area contributed by atoms with E-state index in [1.807, 2.05) is 24.0 Å². The Kier molecular flexibility index (Phi) is 4.07. The average molecular weight is 356 g/mol. The third kappa shape index (κ3) is 2.95. The zero-order chi connectivity index (χ0) is 17.6. The number of carbonyl (C=O) groups excluding carboxylic acids is 2. The van der Waals surface area contributed by atoms with Crippen LogP contribution in [-0.4, -0.2) is 30.0 Å². The molecule has 0 spiro atoms. The van der Waals surface area contributed by atoms with Gasteiger partial charge in [-0.3, -0.25) is 4.79 Å². The Hall–Kier alpha value is -2.21. The van der Waals surface area contributed by atoms with E-state index in [-0.39, 0.29) is 17.8 Å². The molecule has 0 radical (unpaired) electrons. The van der Waals surface area contributed by atoms with E-state index in [1.165, 1.54) is 16.9 Å². The van der Waals surface area contributed by atoms with Gasteiger partial charge in [-0.05, 0) is 50.8 Å². The lowest BCUT2D eigenvalue weighted by atomic mass is 10.1. The molecule has 1 aromatic heterocycles. The Morgan fingerprint density at radius 3 is 2.88 bits per heavy atom. The highest BCUT2D eigenvalue weighted by Gasteiger charge is 2.36. The average Bonchev–Trinajstić information content (AvgIpc) is 3.25. The molecule has 0 bridgehead atoms. The Bertz CT molecular complexity index is 854. The molecule has 1 aliphatic heterocycles. The molecule has 6 heteroatoms. The lowest BCUT2D eigenvalue weighted by Crippen LogP contribution is -2.30. The second kappa shape index (κ2) is 6.26. The first-order valence-corrected chi connectivity index (χ1v) is 9.49. The molecule has 2 aliphatic rings. The van der Waals surface area contributed by atoms with Crippen LogP contribution in [0, 0.1) is 12.8 Å². The topological polar surface area (TPSA) is 59.5 Å². The van der Waals surface area contributed by atoms with E-state index in [9.17, 15) is 9.59 Å². The van der Waals surface area contributed by atoms with Gasteiger partial charge in [0, 0.05) is 28.6 Å². The molecule has 5 nitrogen and oxygen atoms in total. The summed E-state index contributed by atoms with van der Waals surface area (Å²) in [6.45, 7) is 4.86. The van der Waals surface area contributed by atoms with Gasteiger partial charge in [0.2, 0.25) is 10.9 Å². The molecule has 1 aliphatic carbocycles. The van der Waals surface area contributed by atoms with Gasteiger partial charge in [-0.15, -0.1) is 11.3 Å². The molecule has 0 N–H and O–H groups in total. The minimum absolute atomic E-state index is 0.235. The van der Waals surface area contributed by atoms with E-state index in [0.717, 1.165) is 47.6 Å². The van der Waals surface area contributed by atoms with Crippen molar-refractivity contribution in [1.29, 1.82) is 0 Å². The minimum Gasteiger partial charge on any atom is -0.461 e. The molecule has 1 fully saturated rings. The largest absolute Gasteiger partial charge is 0.461 e. The first kappa shape index (κ1) is 16.3. The maximum absolute atomic E-state index is 12.4. The van der Waals surface area contributed by atoms with Crippen LogP contribution >= 0.6 is 11.3 Å². The number of thiazole rings is 1. The predicted octanol–water partition coefficient (Wildman–Crippen LogP) is 3.59. The quantitative estimate of drug-likeness (QED) is 0.786. The fourth-order valence-corrected chi connectivity index (χ4v) is 4.10. The third-order valence-electron chi connectivity index (χ3n) is 4.69. The van der Waals surface area contributed by atoms with Crippen LogP contribution in [0.5, 0.6) is 0 Å². The van der Waals surface area contributed by atoms with Crippen molar-refractivity contribution in [2.45, 2.75) is 33.1 Å². The minimum atomic E-state index is -0.371. The number of esters is 1. The molecule has 0 atom stereocenters. The van der Waals surface area contributed by atoms with Crippen molar-refractivity contribution >= 4 is 28.9 Å². The van der Waals surface area contributed by atoms with Gasteiger partial charge >= 0.3 is 5.97 Å². The fourth-order valence-electron chi connectivity index (χ4n) is 3.27. The van der Waals surface area contributed by atoms with Crippen LogP contribution in [0.25, 0.3) is 11.3 Å². The monoisotopic (exact) mass is 356 g/mol. The van der Waals surface area contributed by atoms with Gasteiger partial charge in [0.1, 0.15) is 0 Å². The lowest BCUT2D eigenvalue weighted by Gasteiger charge is -2.17. The summed E-state index contributed by atoms with van der Waals surface area (Å²) in [6.07, 6.45) is 2.92. The molecule has 1 amide bonds. The summed E-state index contributed by atoms with van der Waals surface area (Å²) < 4.78 is 5.04. The number of aryl methyl sites for hydroxylation is 1. The van der Waals surface area contributed by atoms with Crippen LogP contribution in [0.4, 0.5) is 5.69 Å². The predicted molar refractivity (Wildman–Crippen MR) is 97.0 cm³/mol. The van der Waals surface area contributed by atoms with Crippen molar-refractivity contribution in [3.63, 3.8) is 0 Å². The van der Waals surface area contributed by atoms with Gasteiger partial charge in [-0.2, -0.15) is 0 Å². The second-order valence-corrected chi connectivity index (χ2v) is 7.71. The van der Waals surface area contributed by atoms with Crippen molar-refractivity contribution in [2.75, 3.05) is 18.1 Å². The summed E-state index contributed by atoms with van der Waals surface area (Å²) in [6, 6.07) is 6.11. The number of benzene rings is 1. The zero-order valence-corrected chi connectivity index (χ0v) is 15.2. The molecule has 25 heavy (non-hydrogen) atoms. The van der Waals surface area contributed by atoms with Gasteiger partial charge < -0.3 is 9.64 Å².